The van der Waals surface area contributed by atoms with E-state index in [-0.39, 0.29) is 11.8 Å². The molecule has 1 unspecified atom stereocenters. The third-order valence-corrected chi connectivity index (χ3v) is 5.00. The summed E-state index contributed by atoms with van der Waals surface area (Å²) in [5, 5.41) is 3.86. The number of benzene rings is 1. The van der Waals surface area contributed by atoms with Crippen LogP contribution < -0.4 is 4.74 Å². The number of hydrogen-bond acceptors (Lipinski definition) is 6. The number of rotatable bonds is 4. The number of nitrogens with zero attached hydrogens (tertiary/aromatic N) is 4. The molecule has 0 saturated carbocycles. The summed E-state index contributed by atoms with van der Waals surface area (Å²) in [5.41, 5.74) is 1.47. The minimum Gasteiger partial charge on any atom is -0.497 e. The predicted octanol–water partition coefficient (Wildman–Crippen LogP) is 2.52. The molecule has 2 aromatic rings. The zero-order valence-corrected chi connectivity index (χ0v) is 16.8. The van der Waals surface area contributed by atoms with Crippen molar-refractivity contribution < 1.29 is 18.8 Å². The molecule has 2 amide bonds. The third-order valence-electron chi connectivity index (χ3n) is 5.00. The molecule has 1 saturated heterocycles. The summed E-state index contributed by atoms with van der Waals surface area (Å²) in [4.78, 5) is 33.6. The topological polar surface area (TPSA) is 88.8 Å². The van der Waals surface area contributed by atoms with Gasteiger partial charge >= 0.3 is 0 Å². The van der Waals surface area contributed by atoms with Crippen molar-refractivity contribution in [3.05, 3.63) is 41.0 Å². The SMILES string of the molecule is CCC(=O)N1CCCN(C(=O)c2ccc(OC)cc2C)CC1c1nc(C)no1. The van der Waals surface area contributed by atoms with Crippen molar-refractivity contribution in [2.45, 2.75) is 39.7 Å². The Morgan fingerprint density at radius 1 is 1.29 bits per heavy atom. The number of amides is 2. The summed E-state index contributed by atoms with van der Waals surface area (Å²) in [6.07, 6.45) is 1.07. The van der Waals surface area contributed by atoms with Gasteiger partial charge in [0.1, 0.15) is 11.8 Å². The second-order valence-corrected chi connectivity index (χ2v) is 6.92. The lowest BCUT2D eigenvalue weighted by molar-refractivity contribution is -0.133. The van der Waals surface area contributed by atoms with Crippen molar-refractivity contribution >= 4 is 11.8 Å². The van der Waals surface area contributed by atoms with Crippen molar-refractivity contribution in [3.8, 4) is 5.75 Å². The zero-order valence-electron chi connectivity index (χ0n) is 16.8. The van der Waals surface area contributed by atoms with Crippen LogP contribution in [0.25, 0.3) is 0 Å². The first-order valence-corrected chi connectivity index (χ1v) is 9.48. The number of hydrogen-bond donors (Lipinski definition) is 0. The van der Waals surface area contributed by atoms with Crippen molar-refractivity contribution in [1.82, 2.24) is 19.9 Å². The highest BCUT2D eigenvalue weighted by atomic mass is 16.5. The van der Waals surface area contributed by atoms with Crippen molar-refractivity contribution in [1.29, 1.82) is 0 Å². The summed E-state index contributed by atoms with van der Waals surface area (Å²) in [6, 6.07) is 4.96. The highest BCUT2D eigenvalue weighted by Crippen LogP contribution is 2.27. The van der Waals surface area contributed by atoms with Gasteiger partial charge in [-0.2, -0.15) is 4.98 Å². The van der Waals surface area contributed by atoms with E-state index < -0.39 is 6.04 Å². The maximum atomic E-state index is 13.2. The molecule has 1 aromatic carbocycles. The first kappa shape index (κ1) is 19.9. The fourth-order valence-electron chi connectivity index (χ4n) is 3.51. The van der Waals surface area contributed by atoms with E-state index in [2.05, 4.69) is 10.1 Å². The standard InChI is InChI=1S/C20H26N4O4/c1-5-18(25)24-10-6-9-23(12-17(24)19-21-14(3)22-28-19)20(26)16-8-7-15(27-4)11-13(16)2/h7-8,11,17H,5-6,9-10,12H2,1-4H3. The monoisotopic (exact) mass is 386 g/mol. The van der Waals surface area contributed by atoms with Gasteiger partial charge in [-0.3, -0.25) is 9.59 Å². The van der Waals surface area contributed by atoms with Gasteiger partial charge in [0.15, 0.2) is 5.82 Å². The van der Waals surface area contributed by atoms with E-state index in [9.17, 15) is 9.59 Å². The molecule has 1 aromatic heterocycles. The first-order valence-electron chi connectivity index (χ1n) is 9.48. The van der Waals surface area contributed by atoms with Gasteiger partial charge in [-0.05, 0) is 44.0 Å². The Balaban J connectivity index is 1.90. The molecule has 0 aliphatic carbocycles. The summed E-state index contributed by atoms with van der Waals surface area (Å²) < 4.78 is 10.6. The van der Waals surface area contributed by atoms with Gasteiger partial charge in [-0.25, -0.2) is 0 Å². The average molecular weight is 386 g/mol. The molecule has 3 rings (SSSR count). The lowest BCUT2D eigenvalue weighted by Crippen LogP contribution is -2.40. The van der Waals surface area contributed by atoms with Crippen LogP contribution in [0.15, 0.2) is 22.7 Å². The Morgan fingerprint density at radius 2 is 2.07 bits per heavy atom. The Hall–Kier alpha value is -2.90. The maximum Gasteiger partial charge on any atom is 0.254 e. The lowest BCUT2D eigenvalue weighted by atomic mass is 10.1. The molecule has 1 aliphatic rings. The minimum atomic E-state index is -0.446. The van der Waals surface area contributed by atoms with Gasteiger partial charge in [0.25, 0.3) is 11.8 Å². The molecule has 28 heavy (non-hydrogen) atoms. The molecule has 2 heterocycles. The Labute approximate surface area is 164 Å². The lowest BCUT2D eigenvalue weighted by Gasteiger charge is -2.29. The Bertz CT molecular complexity index is 864. The second kappa shape index (κ2) is 8.41. The van der Waals surface area contributed by atoms with Crippen LogP contribution in [0.5, 0.6) is 5.75 Å². The van der Waals surface area contributed by atoms with Gasteiger partial charge in [-0.1, -0.05) is 12.1 Å². The average Bonchev–Trinajstić information content (AvgIpc) is 3.00. The molecule has 0 spiro atoms. The smallest absolute Gasteiger partial charge is 0.254 e. The number of carbonyl (C=O) groups excluding carboxylic acids is 2. The van der Waals surface area contributed by atoms with Crippen LogP contribution in [0, 0.1) is 13.8 Å². The molecule has 1 atom stereocenters. The van der Waals surface area contributed by atoms with Crippen LogP contribution in [-0.2, 0) is 4.79 Å². The van der Waals surface area contributed by atoms with Crippen LogP contribution in [0.2, 0.25) is 0 Å². The molecule has 8 nitrogen and oxygen atoms in total. The van der Waals surface area contributed by atoms with E-state index in [1.807, 2.05) is 19.9 Å². The molecular formula is C20H26N4O4. The molecule has 150 valence electrons. The van der Waals surface area contributed by atoms with Crippen molar-refractivity contribution in [2.24, 2.45) is 0 Å². The highest BCUT2D eigenvalue weighted by Gasteiger charge is 2.34. The summed E-state index contributed by atoms with van der Waals surface area (Å²) in [5.74, 6) is 1.52. The van der Waals surface area contributed by atoms with E-state index >= 15 is 0 Å². The molecule has 8 heteroatoms. The zero-order chi connectivity index (χ0) is 20.3. The quantitative estimate of drug-likeness (QED) is 0.802. The normalized spacial score (nSPS) is 17.4. The number of ether oxygens (including phenoxy) is 1. The number of aromatic nitrogens is 2. The van der Waals surface area contributed by atoms with Gasteiger partial charge in [0, 0.05) is 25.1 Å². The minimum absolute atomic E-state index is 0.00998. The fraction of sp³-hybridized carbons (Fsp3) is 0.500. The predicted molar refractivity (Wildman–Crippen MR) is 102 cm³/mol. The van der Waals surface area contributed by atoms with E-state index in [0.29, 0.717) is 55.5 Å². The molecule has 0 radical (unpaired) electrons. The highest BCUT2D eigenvalue weighted by molar-refractivity contribution is 5.96. The molecular weight excluding hydrogens is 360 g/mol. The summed E-state index contributed by atoms with van der Waals surface area (Å²) in [7, 11) is 1.60. The van der Waals surface area contributed by atoms with Gasteiger partial charge in [-0.15, -0.1) is 0 Å². The largest absolute Gasteiger partial charge is 0.497 e. The van der Waals surface area contributed by atoms with E-state index in [0.717, 1.165) is 5.56 Å². The van der Waals surface area contributed by atoms with E-state index in [1.165, 1.54) is 0 Å². The number of carbonyl (C=O) groups is 2. The van der Waals surface area contributed by atoms with Crippen LogP contribution in [0.4, 0.5) is 0 Å². The number of aryl methyl sites for hydroxylation is 2. The molecule has 0 bridgehead atoms. The van der Waals surface area contributed by atoms with E-state index in [4.69, 9.17) is 9.26 Å². The molecule has 0 N–H and O–H groups in total. The van der Waals surface area contributed by atoms with Gasteiger partial charge < -0.3 is 19.1 Å². The van der Waals surface area contributed by atoms with Crippen LogP contribution in [0.1, 0.15) is 53.4 Å². The first-order chi connectivity index (χ1) is 13.4. The second-order valence-electron chi connectivity index (χ2n) is 6.92. The fourth-order valence-corrected chi connectivity index (χ4v) is 3.51. The van der Waals surface area contributed by atoms with Crippen LogP contribution >= 0.6 is 0 Å². The summed E-state index contributed by atoms with van der Waals surface area (Å²) in [6.45, 7) is 6.87. The van der Waals surface area contributed by atoms with Gasteiger partial charge in [0.2, 0.25) is 5.91 Å². The molecule has 1 fully saturated rings. The maximum absolute atomic E-state index is 13.2. The van der Waals surface area contributed by atoms with E-state index in [1.54, 1.807) is 36.0 Å². The molecule has 1 aliphatic heterocycles. The third kappa shape index (κ3) is 4.00. The summed E-state index contributed by atoms with van der Waals surface area (Å²) >= 11 is 0. The Morgan fingerprint density at radius 3 is 2.68 bits per heavy atom. The van der Waals surface area contributed by atoms with Crippen LogP contribution in [-0.4, -0.2) is 58.5 Å². The van der Waals surface area contributed by atoms with Gasteiger partial charge in [0.05, 0.1) is 13.7 Å². The van der Waals surface area contributed by atoms with Crippen molar-refractivity contribution in [3.63, 3.8) is 0 Å². The van der Waals surface area contributed by atoms with Crippen LogP contribution in [0.3, 0.4) is 0 Å². The van der Waals surface area contributed by atoms with Crippen molar-refractivity contribution in [2.75, 3.05) is 26.7 Å². The Kier molecular flexibility index (Phi) is 5.96. The number of methoxy groups -OCH3 is 1.